The van der Waals surface area contributed by atoms with Gasteiger partial charge in [-0.2, -0.15) is 12.6 Å². The summed E-state index contributed by atoms with van der Waals surface area (Å²) in [6, 6.07) is 0. The largest absolute Gasteiger partial charge is 0.459 e. The van der Waals surface area contributed by atoms with Gasteiger partial charge in [-0.3, -0.25) is 14.5 Å². The molecule has 0 aromatic carbocycles. The van der Waals surface area contributed by atoms with Crippen molar-refractivity contribution in [3.63, 3.8) is 0 Å². The first kappa shape index (κ1) is 15.3. The number of rotatable bonds is 2. The van der Waals surface area contributed by atoms with Gasteiger partial charge in [0.2, 0.25) is 5.91 Å². The zero-order valence-electron chi connectivity index (χ0n) is 11.6. The minimum atomic E-state index is -1.21. The molecule has 18 heavy (non-hydrogen) atoms. The Morgan fingerprint density at radius 2 is 1.89 bits per heavy atom. The number of ether oxygens (including phenoxy) is 1. The fraction of sp³-hybridized carbons (Fsp3) is 0.833. The molecule has 1 saturated heterocycles. The number of nitrogens with two attached hydrogens (primary N) is 1. The fourth-order valence-electron chi connectivity index (χ4n) is 2.17. The van der Waals surface area contributed by atoms with Gasteiger partial charge in [0, 0.05) is 6.54 Å². The second-order valence-electron chi connectivity index (χ2n) is 5.97. The Balaban J connectivity index is 3.12. The summed E-state index contributed by atoms with van der Waals surface area (Å²) >= 11 is 4.45. The van der Waals surface area contributed by atoms with E-state index in [1.54, 1.807) is 39.6 Å². The van der Waals surface area contributed by atoms with Gasteiger partial charge in [-0.1, -0.05) is 0 Å². The molecule has 0 saturated carbocycles. The third kappa shape index (κ3) is 2.23. The minimum Gasteiger partial charge on any atom is -0.459 e. The van der Waals surface area contributed by atoms with Gasteiger partial charge in [-0.15, -0.1) is 0 Å². The number of hydrogen-bond donors (Lipinski definition) is 2. The van der Waals surface area contributed by atoms with Crippen LogP contribution in [0.3, 0.4) is 0 Å². The lowest BCUT2D eigenvalue weighted by molar-refractivity contribution is -0.162. The number of esters is 1. The van der Waals surface area contributed by atoms with E-state index in [9.17, 15) is 9.59 Å². The number of likely N-dealkylation sites (N-methyl/N-ethyl adjacent to an activating group) is 1. The number of amides is 1. The molecule has 0 aromatic rings. The van der Waals surface area contributed by atoms with Crippen LogP contribution in [0.1, 0.15) is 34.1 Å². The van der Waals surface area contributed by atoms with Gasteiger partial charge in [-0.05, 0) is 41.2 Å². The third-order valence-electron chi connectivity index (χ3n) is 3.59. The second-order valence-corrected chi connectivity index (χ2v) is 6.73. The average molecular weight is 274 g/mol. The number of hydrogen-bond acceptors (Lipinski definition) is 5. The molecule has 1 rings (SSSR count). The van der Waals surface area contributed by atoms with Crippen LogP contribution >= 0.6 is 12.6 Å². The van der Waals surface area contributed by atoms with Crippen LogP contribution in [-0.2, 0) is 14.3 Å². The quantitative estimate of drug-likeness (QED) is 0.570. The van der Waals surface area contributed by atoms with Crippen molar-refractivity contribution in [2.24, 2.45) is 5.73 Å². The zero-order chi connectivity index (χ0) is 14.4. The Morgan fingerprint density at radius 3 is 2.28 bits per heavy atom. The first-order valence-corrected chi connectivity index (χ1v) is 6.37. The second kappa shape index (κ2) is 4.42. The molecule has 2 atom stereocenters. The van der Waals surface area contributed by atoms with E-state index in [0.29, 0.717) is 13.0 Å². The first-order chi connectivity index (χ1) is 7.95. The van der Waals surface area contributed by atoms with E-state index in [2.05, 4.69) is 12.6 Å². The van der Waals surface area contributed by atoms with Crippen molar-refractivity contribution in [1.29, 1.82) is 0 Å². The van der Waals surface area contributed by atoms with Crippen LogP contribution < -0.4 is 5.73 Å². The maximum Gasteiger partial charge on any atom is 0.324 e. The molecule has 0 aliphatic carbocycles. The summed E-state index contributed by atoms with van der Waals surface area (Å²) in [6.07, 6.45) is 0.432. The van der Waals surface area contributed by atoms with E-state index >= 15 is 0 Å². The lowest BCUT2D eigenvalue weighted by atomic mass is 9.84. The minimum absolute atomic E-state index is 0.432. The van der Waals surface area contributed by atoms with Crippen LogP contribution in [0, 0.1) is 0 Å². The van der Waals surface area contributed by atoms with Crippen LogP contribution in [0.25, 0.3) is 0 Å². The van der Waals surface area contributed by atoms with E-state index < -0.39 is 27.8 Å². The molecule has 104 valence electrons. The van der Waals surface area contributed by atoms with Crippen LogP contribution in [0.15, 0.2) is 0 Å². The highest BCUT2D eigenvalue weighted by Gasteiger charge is 2.62. The molecule has 0 spiro atoms. The number of likely N-dealkylation sites (tertiary alicyclic amines) is 1. The SMILES string of the molecule is CN1CCC(S)(C(=O)OC(C)(C)C)[C@@]1(C)C(N)=O. The zero-order valence-corrected chi connectivity index (χ0v) is 12.5. The molecule has 1 unspecified atom stereocenters. The summed E-state index contributed by atoms with van der Waals surface area (Å²) in [7, 11) is 1.76. The van der Waals surface area contributed by atoms with Crippen molar-refractivity contribution in [3.05, 3.63) is 0 Å². The molecule has 0 aromatic heterocycles. The summed E-state index contributed by atoms with van der Waals surface area (Å²) in [5.74, 6) is -1.06. The summed E-state index contributed by atoms with van der Waals surface area (Å²) < 4.78 is 4.16. The van der Waals surface area contributed by atoms with Crippen LogP contribution in [0.2, 0.25) is 0 Å². The number of carbonyl (C=O) groups is 2. The summed E-state index contributed by atoms with van der Waals surface area (Å²) in [5, 5.41) is 0. The molecular weight excluding hydrogens is 252 g/mol. The molecular formula is C12H22N2O3S. The fourth-order valence-corrected chi connectivity index (χ4v) is 2.59. The van der Waals surface area contributed by atoms with Crippen molar-refractivity contribution in [2.75, 3.05) is 13.6 Å². The van der Waals surface area contributed by atoms with E-state index in [0.717, 1.165) is 0 Å². The van der Waals surface area contributed by atoms with Gasteiger partial charge in [0.05, 0.1) is 0 Å². The summed E-state index contributed by atoms with van der Waals surface area (Å²) in [4.78, 5) is 25.8. The molecule has 1 aliphatic rings. The Hall–Kier alpha value is -0.750. The van der Waals surface area contributed by atoms with Crippen molar-refractivity contribution < 1.29 is 14.3 Å². The molecule has 1 amide bonds. The Kier molecular flexibility index (Phi) is 3.76. The lowest BCUT2D eigenvalue weighted by Gasteiger charge is -2.40. The van der Waals surface area contributed by atoms with Gasteiger partial charge < -0.3 is 10.5 Å². The first-order valence-electron chi connectivity index (χ1n) is 5.92. The molecule has 1 aliphatic heterocycles. The van der Waals surface area contributed by atoms with Crippen molar-refractivity contribution >= 4 is 24.5 Å². The molecule has 1 fully saturated rings. The standard InChI is InChI=1S/C12H22N2O3S/c1-10(2,3)17-9(16)12(18)6-7-14(5)11(12,4)8(13)15/h18H,6-7H2,1-5H3,(H2,13,15)/t11-,12?/m1/s1. The van der Waals surface area contributed by atoms with Gasteiger partial charge in [-0.25, -0.2) is 0 Å². The van der Waals surface area contributed by atoms with Gasteiger partial charge in [0.15, 0.2) is 0 Å². The van der Waals surface area contributed by atoms with E-state index in [1.165, 1.54) is 0 Å². The van der Waals surface area contributed by atoms with Crippen LogP contribution in [0.4, 0.5) is 0 Å². The molecule has 6 heteroatoms. The maximum absolute atomic E-state index is 12.3. The molecule has 0 bridgehead atoms. The van der Waals surface area contributed by atoms with Gasteiger partial charge >= 0.3 is 5.97 Å². The highest BCUT2D eigenvalue weighted by molar-refractivity contribution is 7.83. The predicted octanol–water partition coefficient (Wildman–Crippen LogP) is 0.576. The van der Waals surface area contributed by atoms with Crippen LogP contribution in [-0.4, -0.2) is 46.3 Å². The summed E-state index contributed by atoms with van der Waals surface area (Å²) in [5.41, 5.74) is 3.70. The Labute approximate surface area is 113 Å². The van der Waals surface area contributed by atoms with E-state index in [4.69, 9.17) is 10.5 Å². The lowest BCUT2D eigenvalue weighted by Crippen LogP contribution is -2.64. The average Bonchev–Trinajstić information content (AvgIpc) is 2.42. The molecule has 2 N–H and O–H groups in total. The van der Waals surface area contributed by atoms with Gasteiger partial charge in [0.1, 0.15) is 15.9 Å². The Bertz CT molecular complexity index is 380. The normalized spacial score (nSPS) is 33.4. The number of thiol groups is 1. The van der Waals surface area contributed by atoms with Crippen molar-refractivity contribution in [1.82, 2.24) is 4.90 Å². The third-order valence-corrected chi connectivity index (χ3v) is 4.44. The van der Waals surface area contributed by atoms with Crippen molar-refractivity contribution in [2.45, 2.75) is 50.0 Å². The number of primary amides is 1. The highest BCUT2D eigenvalue weighted by Crippen LogP contribution is 2.43. The van der Waals surface area contributed by atoms with Crippen molar-refractivity contribution in [3.8, 4) is 0 Å². The molecule has 1 heterocycles. The van der Waals surface area contributed by atoms with E-state index in [-0.39, 0.29) is 0 Å². The topological polar surface area (TPSA) is 72.6 Å². The highest BCUT2D eigenvalue weighted by atomic mass is 32.1. The number of nitrogens with zero attached hydrogens (tertiary/aromatic N) is 1. The van der Waals surface area contributed by atoms with Gasteiger partial charge in [0.25, 0.3) is 0 Å². The maximum atomic E-state index is 12.3. The monoisotopic (exact) mass is 274 g/mol. The van der Waals surface area contributed by atoms with E-state index in [1.807, 2.05) is 0 Å². The predicted molar refractivity (Wildman–Crippen MR) is 72.4 cm³/mol. The smallest absolute Gasteiger partial charge is 0.324 e. The Morgan fingerprint density at radius 1 is 1.39 bits per heavy atom. The molecule has 5 nitrogen and oxygen atoms in total. The van der Waals surface area contributed by atoms with Crippen LogP contribution in [0.5, 0.6) is 0 Å². The number of carbonyl (C=O) groups excluding carboxylic acids is 2. The summed E-state index contributed by atoms with van der Waals surface area (Å²) in [6.45, 7) is 7.55. The molecule has 0 radical (unpaired) electrons.